The Hall–Kier alpha value is -4.01. The van der Waals surface area contributed by atoms with Crippen molar-refractivity contribution in [1.82, 2.24) is 28.5 Å². The Labute approximate surface area is 221 Å². The van der Waals surface area contributed by atoms with Gasteiger partial charge in [0.2, 0.25) is 0 Å². The normalized spacial score (nSPS) is 15.0. The molecular formula is C30H32N6O2. The van der Waals surface area contributed by atoms with Gasteiger partial charge in [-0.05, 0) is 21.9 Å². The Bertz CT molecular complexity index is 1720. The van der Waals surface area contributed by atoms with Crippen molar-refractivity contribution in [2.45, 2.75) is 19.6 Å². The van der Waals surface area contributed by atoms with E-state index in [1.165, 1.54) is 21.7 Å². The van der Waals surface area contributed by atoms with E-state index in [9.17, 15) is 9.59 Å². The Morgan fingerprint density at radius 3 is 2.13 bits per heavy atom. The molecule has 6 rings (SSSR count). The average molecular weight is 509 g/mol. The molecule has 0 unspecified atom stereocenters. The van der Waals surface area contributed by atoms with E-state index in [0.717, 1.165) is 54.9 Å². The molecule has 1 saturated heterocycles. The van der Waals surface area contributed by atoms with Crippen LogP contribution in [0.2, 0.25) is 0 Å². The first-order valence-corrected chi connectivity index (χ1v) is 13.1. The zero-order valence-corrected chi connectivity index (χ0v) is 21.9. The van der Waals surface area contributed by atoms with E-state index >= 15 is 0 Å². The summed E-state index contributed by atoms with van der Waals surface area (Å²) in [5.74, 6) is 0.808. The monoisotopic (exact) mass is 508 g/mol. The fourth-order valence-electron chi connectivity index (χ4n) is 5.53. The summed E-state index contributed by atoms with van der Waals surface area (Å²) in [5, 5.41) is 2.31. The van der Waals surface area contributed by atoms with Crippen LogP contribution in [0.4, 0.5) is 0 Å². The first-order chi connectivity index (χ1) is 18.5. The maximum atomic E-state index is 13.4. The molecule has 5 aromatic rings. The minimum atomic E-state index is -0.363. The molecule has 0 atom stereocenters. The fourth-order valence-corrected chi connectivity index (χ4v) is 5.53. The highest BCUT2D eigenvalue weighted by molar-refractivity contribution is 5.85. The first kappa shape index (κ1) is 24.3. The first-order valence-electron chi connectivity index (χ1n) is 13.1. The highest BCUT2D eigenvalue weighted by atomic mass is 16.2. The molecule has 2 aromatic heterocycles. The summed E-state index contributed by atoms with van der Waals surface area (Å²) in [5.41, 5.74) is 2.69. The van der Waals surface area contributed by atoms with Crippen LogP contribution in [0.5, 0.6) is 0 Å². The van der Waals surface area contributed by atoms with Gasteiger partial charge in [-0.15, -0.1) is 0 Å². The number of rotatable bonds is 6. The van der Waals surface area contributed by atoms with Gasteiger partial charge in [0.1, 0.15) is 5.82 Å². The van der Waals surface area contributed by atoms with Crippen LogP contribution in [0.1, 0.15) is 17.0 Å². The van der Waals surface area contributed by atoms with Gasteiger partial charge in [-0.3, -0.25) is 23.7 Å². The summed E-state index contributed by atoms with van der Waals surface area (Å²) >= 11 is 0. The molecule has 8 heteroatoms. The molecule has 0 radical (unpaired) electrons. The van der Waals surface area contributed by atoms with E-state index in [1.807, 2.05) is 16.7 Å². The van der Waals surface area contributed by atoms with Gasteiger partial charge in [-0.1, -0.05) is 72.8 Å². The molecule has 1 aliphatic heterocycles. The number of nitrogens with zero attached hydrogens (tertiary/aromatic N) is 6. The molecular weight excluding hydrogens is 476 g/mol. The number of aryl methyl sites for hydroxylation is 1. The molecule has 0 amide bonds. The summed E-state index contributed by atoms with van der Waals surface area (Å²) in [4.78, 5) is 35.8. The topological polar surface area (TPSA) is 68.3 Å². The lowest BCUT2D eigenvalue weighted by Crippen LogP contribution is -2.45. The molecule has 0 N–H and O–H groups in total. The summed E-state index contributed by atoms with van der Waals surface area (Å²) < 4.78 is 4.68. The van der Waals surface area contributed by atoms with Crippen LogP contribution in [0.25, 0.3) is 21.9 Å². The number of fused-ring (bicyclic) bond motifs is 2. The second kappa shape index (κ2) is 10.0. The third-order valence-corrected chi connectivity index (χ3v) is 7.71. The maximum Gasteiger partial charge on any atom is 0.332 e. The zero-order valence-electron chi connectivity index (χ0n) is 21.9. The zero-order chi connectivity index (χ0) is 26.2. The Kier molecular flexibility index (Phi) is 6.43. The molecule has 0 saturated carbocycles. The predicted octanol–water partition coefficient (Wildman–Crippen LogP) is 2.95. The Balaban J connectivity index is 1.34. The van der Waals surface area contributed by atoms with Gasteiger partial charge in [-0.25, -0.2) is 9.78 Å². The molecule has 3 heterocycles. The van der Waals surface area contributed by atoms with Crippen LogP contribution in [0, 0.1) is 0 Å². The van der Waals surface area contributed by atoms with Crippen molar-refractivity contribution in [3.63, 3.8) is 0 Å². The molecule has 194 valence electrons. The number of piperazine rings is 1. The predicted molar refractivity (Wildman–Crippen MR) is 150 cm³/mol. The van der Waals surface area contributed by atoms with Crippen LogP contribution >= 0.6 is 0 Å². The van der Waals surface area contributed by atoms with E-state index in [4.69, 9.17) is 4.98 Å². The quantitative estimate of drug-likeness (QED) is 0.353. The summed E-state index contributed by atoms with van der Waals surface area (Å²) in [6.45, 7) is 5.86. The van der Waals surface area contributed by atoms with E-state index in [1.54, 1.807) is 7.05 Å². The molecule has 0 aliphatic carbocycles. The number of aromatic nitrogens is 4. The van der Waals surface area contributed by atoms with E-state index < -0.39 is 0 Å². The van der Waals surface area contributed by atoms with Crippen molar-refractivity contribution in [3.8, 4) is 0 Å². The largest absolute Gasteiger partial charge is 0.332 e. The smallest absolute Gasteiger partial charge is 0.317 e. The van der Waals surface area contributed by atoms with Crippen LogP contribution in [0.15, 0.2) is 82.4 Å². The third-order valence-electron chi connectivity index (χ3n) is 7.71. The van der Waals surface area contributed by atoms with E-state index in [2.05, 4.69) is 70.5 Å². The lowest BCUT2D eigenvalue weighted by Gasteiger charge is -2.34. The van der Waals surface area contributed by atoms with Gasteiger partial charge in [0.05, 0.1) is 13.1 Å². The van der Waals surface area contributed by atoms with Crippen molar-refractivity contribution < 1.29 is 0 Å². The van der Waals surface area contributed by atoms with Crippen molar-refractivity contribution in [1.29, 1.82) is 0 Å². The van der Waals surface area contributed by atoms with Gasteiger partial charge >= 0.3 is 5.69 Å². The molecule has 1 aliphatic rings. The van der Waals surface area contributed by atoms with Crippen LogP contribution in [0.3, 0.4) is 0 Å². The molecule has 38 heavy (non-hydrogen) atoms. The van der Waals surface area contributed by atoms with Gasteiger partial charge < -0.3 is 4.57 Å². The second-order valence-corrected chi connectivity index (χ2v) is 10.2. The minimum absolute atomic E-state index is 0.310. The second-order valence-electron chi connectivity index (χ2n) is 10.2. The number of benzene rings is 3. The van der Waals surface area contributed by atoms with Gasteiger partial charge in [-0.2, -0.15) is 0 Å². The van der Waals surface area contributed by atoms with E-state index in [0.29, 0.717) is 24.3 Å². The lowest BCUT2D eigenvalue weighted by molar-refractivity contribution is 0.119. The highest BCUT2D eigenvalue weighted by Crippen LogP contribution is 2.23. The van der Waals surface area contributed by atoms with Gasteiger partial charge in [0.25, 0.3) is 5.56 Å². The van der Waals surface area contributed by atoms with Gasteiger partial charge in [0, 0.05) is 46.8 Å². The number of hydrogen-bond acceptors (Lipinski definition) is 5. The number of hydrogen-bond donors (Lipinski definition) is 0. The molecule has 0 bridgehead atoms. The maximum absolute atomic E-state index is 13.4. The summed E-state index contributed by atoms with van der Waals surface area (Å²) in [6.07, 6.45) is 0. The minimum Gasteiger partial charge on any atom is -0.317 e. The lowest BCUT2D eigenvalue weighted by atomic mass is 10.0. The van der Waals surface area contributed by atoms with E-state index in [-0.39, 0.29) is 11.2 Å². The summed E-state index contributed by atoms with van der Waals surface area (Å²) in [7, 11) is 3.22. The Morgan fingerprint density at radius 1 is 0.711 bits per heavy atom. The SMILES string of the molecule is Cn1c(=O)c2c(nc(CN3CCN(Cc4ccccc4)CC3)n2Cc2cccc3ccccc23)n(C)c1=O. The van der Waals surface area contributed by atoms with Crippen LogP contribution < -0.4 is 11.2 Å². The third kappa shape index (κ3) is 4.46. The Morgan fingerprint density at radius 2 is 1.37 bits per heavy atom. The summed E-state index contributed by atoms with van der Waals surface area (Å²) in [6, 6.07) is 25.1. The fraction of sp³-hybridized carbons (Fsp3) is 0.300. The van der Waals surface area contributed by atoms with Crippen molar-refractivity contribution >= 4 is 21.9 Å². The molecule has 0 spiro atoms. The number of imidazole rings is 1. The highest BCUT2D eigenvalue weighted by Gasteiger charge is 2.23. The average Bonchev–Trinajstić information content (AvgIpc) is 3.30. The van der Waals surface area contributed by atoms with Crippen molar-refractivity contribution in [3.05, 3.63) is 111 Å². The van der Waals surface area contributed by atoms with Crippen molar-refractivity contribution in [2.75, 3.05) is 26.2 Å². The van der Waals surface area contributed by atoms with Gasteiger partial charge in [0.15, 0.2) is 11.2 Å². The standard InChI is InChI=1S/C30H32N6O2/c1-32-28-27(29(37)33(2)30(32)38)36(20-24-13-8-12-23-11-6-7-14-25(23)24)26(31-28)21-35-17-15-34(16-18-35)19-22-9-4-3-5-10-22/h3-14H,15-21H2,1-2H3. The molecule has 3 aromatic carbocycles. The van der Waals surface area contributed by atoms with Crippen LogP contribution in [-0.4, -0.2) is 54.7 Å². The van der Waals surface area contributed by atoms with Crippen LogP contribution in [-0.2, 0) is 33.7 Å². The van der Waals surface area contributed by atoms with Crippen molar-refractivity contribution in [2.24, 2.45) is 14.1 Å². The molecule has 8 nitrogen and oxygen atoms in total. The molecule has 1 fully saturated rings.